The Morgan fingerprint density at radius 1 is 1.39 bits per heavy atom. The smallest absolute Gasteiger partial charge is 0.337 e. The van der Waals surface area contributed by atoms with Crippen molar-refractivity contribution in [1.82, 2.24) is 0 Å². The van der Waals surface area contributed by atoms with Gasteiger partial charge in [0.2, 0.25) is 0 Å². The lowest BCUT2D eigenvalue weighted by Gasteiger charge is -2.15. The van der Waals surface area contributed by atoms with E-state index in [4.69, 9.17) is 14.6 Å². The van der Waals surface area contributed by atoms with Gasteiger partial charge in [0.1, 0.15) is 0 Å². The third-order valence-electron chi connectivity index (χ3n) is 2.30. The Kier molecular flexibility index (Phi) is 5.45. The normalized spacial score (nSPS) is 12.1. The van der Waals surface area contributed by atoms with Crippen molar-refractivity contribution in [2.24, 2.45) is 0 Å². The standard InChI is InChI=1S/C13H18O5/c1-3-7-18-12(13(15)16)9-5-6-10(14)11(8-9)17-4-2/h5-6,8,12,14H,3-4,7H2,1-2H3,(H,15,16). The predicted octanol–water partition coefficient (Wildman–Crippen LogP) is 2.34. The number of phenols is 1. The second-order valence-electron chi connectivity index (χ2n) is 3.75. The van der Waals surface area contributed by atoms with Crippen LogP contribution in [0.15, 0.2) is 18.2 Å². The quantitative estimate of drug-likeness (QED) is 0.781. The number of aromatic hydroxyl groups is 1. The van der Waals surface area contributed by atoms with Gasteiger partial charge in [0.25, 0.3) is 0 Å². The number of carbonyl (C=O) groups is 1. The van der Waals surface area contributed by atoms with Gasteiger partial charge in [0, 0.05) is 6.61 Å². The number of carboxylic acids is 1. The van der Waals surface area contributed by atoms with Gasteiger partial charge in [-0.25, -0.2) is 4.79 Å². The number of hydrogen-bond donors (Lipinski definition) is 2. The molecule has 0 aliphatic rings. The molecule has 5 nitrogen and oxygen atoms in total. The van der Waals surface area contributed by atoms with E-state index >= 15 is 0 Å². The molecule has 100 valence electrons. The first kappa shape index (κ1) is 14.3. The molecule has 1 atom stereocenters. The topological polar surface area (TPSA) is 76.0 Å². The van der Waals surface area contributed by atoms with E-state index in [1.165, 1.54) is 18.2 Å². The summed E-state index contributed by atoms with van der Waals surface area (Å²) < 4.78 is 10.5. The Labute approximate surface area is 106 Å². The number of carboxylic acid groups (broad SMARTS) is 1. The summed E-state index contributed by atoms with van der Waals surface area (Å²) in [6.07, 6.45) is -0.301. The van der Waals surface area contributed by atoms with Gasteiger partial charge in [0.15, 0.2) is 17.6 Å². The fourth-order valence-electron chi connectivity index (χ4n) is 1.51. The number of rotatable bonds is 7. The summed E-state index contributed by atoms with van der Waals surface area (Å²) >= 11 is 0. The van der Waals surface area contributed by atoms with Crippen molar-refractivity contribution in [3.05, 3.63) is 23.8 Å². The highest BCUT2D eigenvalue weighted by atomic mass is 16.5. The zero-order valence-electron chi connectivity index (χ0n) is 10.5. The van der Waals surface area contributed by atoms with Gasteiger partial charge >= 0.3 is 5.97 Å². The summed E-state index contributed by atoms with van der Waals surface area (Å²) in [7, 11) is 0. The Morgan fingerprint density at radius 3 is 2.67 bits per heavy atom. The fourth-order valence-corrected chi connectivity index (χ4v) is 1.51. The molecule has 0 amide bonds. The van der Waals surface area contributed by atoms with E-state index in [1.54, 1.807) is 6.92 Å². The fraction of sp³-hybridized carbons (Fsp3) is 0.462. The molecular formula is C13H18O5. The van der Waals surface area contributed by atoms with Gasteiger partial charge in [-0.15, -0.1) is 0 Å². The monoisotopic (exact) mass is 254 g/mol. The second-order valence-corrected chi connectivity index (χ2v) is 3.75. The maximum atomic E-state index is 11.1. The Hall–Kier alpha value is -1.75. The van der Waals surface area contributed by atoms with Gasteiger partial charge in [-0.3, -0.25) is 0 Å². The predicted molar refractivity (Wildman–Crippen MR) is 65.9 cm³/mol. The molecule has 0 aromatic heterocycles. The lowest BCUT2D eigenvalue weighted by molar-refractivity contribution is -0.150. The first-order valence-corrected chi connectivity index (χ1v) is 5.90. The van der Waals surface area contributed by atoms with E-state index in [1.807, 2.05) is 6.92 Å². The Morgan fingerprint density at radius 2 is 2.11 bits per heavy atom. The highest BCUT2D eigenvalue weighted by Crippen LogP contribution is 2.30. The minimum absolute atomic E-state index is 0.0137. The lowest BCUT2D eigenvalue weighted by Crippen LogP contribution is -2.16. The molecule has 0 saturated heterocycles. The molecule has 1 unspecified atom stereocenters. The Bertz CT molecular complexity index is 402. The van der Waals surface area contributed by atoms with Crippen LogP contribution in [0.4, 0.5) is 0 Å². The molecule has 1 aromatic carbocycles. The number of hydrogen-bond acceptors (Lipinski definition) is 4. The van der Waals surface area contributed by atoms with Crippen LogP contribution >= 0.6 is 0 Å². The van der Waals surface area contributed by atoms with Crippen LogP contribution in [0.5, 0.6) is 11.5 Å². The van der Waals surface area contributed by atoms with Gasteiger partial charge in [-0.05, 0) is 31.0 Å². The minimum Gasteiger partial charge on any atom is -0.504 e. The van der Waals surface area contributed by atoms with E-state index in [9.17, 15) is 9.90 Å². The molecule has 1 rings (SSSR count). The van der Waals surface area contributed by atoms with Crippen LogP contribution in [0.25, 0.3) is 0 Å². The minimum atomic E-state index is -1.06. The molecule has 18 heavy (non-hydrogen) atoms. The number of phenolic OH excluding ortho intramolecular Hbond substituents is 1. The molecule has 0 radical (unpaired) electrons. The molecule has 1 aromatic rings. The summed E-state index contributed by atoms with van der Waals surface area (Å²) in [4.78, 5) is 11.1. The molecule has 0 heterocycles. The summed E-state index contributed by atoms with van der Waals surface area (Å²) in [5.41, 5.74) is 0.456. The molecular weight excluding hydrogens is 236 g/mol. The Balaban J connectivity index is 2.97. The zero-order valence-corrected chi connectivity index (χ0v) is 10.5. The van der Waals surface area contributed by atoms with Crippen LogP contribution in [0.3, 0.4) is 0 Å². The number of benzene rings is 1. The summed E-state index contributed by atoms with van der Waals surface area (Å²) in [6.45, 7) is 4.45. The van der Waals surface area contributed by atoms with Crippen molar-refractivity contribution in [3.63, 3.8) is 0 Å². The molecule has 0 spiro atoms. The van der Waals surface area contributed by atoms with Gasteiger partial charge in [0.05, 0.1) is 6.61 Å². The van der Waals surface area contributed by atoms with Crippen LogP contribution in [-0.4, -0.2) is 29.4 Å². The van der Waals surface area contributed by atoms with Gasteiger partial charge in [-0.1, -0.05) is 13.0 Å². The van der Waals surface area contributed by atoms with Crippen molar-refractivity contribution in [2.45, 2.75) is 26.4 Å². The first-order valence-electron chi connectivity index (χ1n) is 5.90. The van der Waals surface area contributed by atoms with Crippen molar-refractivity contribution in [3.8, 4) is 11.5 Å². The third-order valence-corrected chi connectivity index (χ3v) is 2.30. The maximum absolute atomic E-state index is 11.1. The van der Waals surface area contributed by atoms with Crippen LogP contribution in [-0.2, 0) is 9.53 Å². The van der Waals surface area contributed by atoms with E-state index in [2.05, 4.69) is 0 Å². The SMILES string of the molecule is CCCOC(C(=O)O)c1ccc(O)c(OCC)c1. The lowest BCUT2D eigenvalue weighted by atomic mass is 10.1. The van der Waals surface area contributed by atoms with Crippen molar-refractivity contribution in [2.75, 3.05) is 13.2 Å². The molecule has 0 saturated carbocycles. The molecule has 0 aliphatic heterocycles. The van der Waals surface area contributed by atoms with E-state index < -0.39 is 12.1 Å². The van der Waals surface area contributed by atoms with Crippen LogP contribution in [0.2, 0.25) is 0 Å². The highest BCUT2D eigenvalue weighted by molar-refractivity contribution is 5.74. The third kappa shape index (κ3) is 3.63. The number of aliphatic carboxylic acids is 1. The summed E-state index contributed by atoms with van der Waals surface area (Å²) in [5.74, 6) is -0.807. The van der Waals surface area contributed by atoms with Crippen LogP contribution in [0, 0.1) is 0 Å². The van der Waals surface area contributed by atoms with Crippen molar-refractivity contribution in [1.29, 1.82) is 0 Å². The number of ether oxygens (including phenoxy) is 2. The average molecular weight is 254 g/mol. The summed E-state index contributed by atoms with van der Waals surface area (Å²) in [6, 6.07) is 4.42. The van der Waals surface area contributed by atoms with Crippen molar-refractivity contribution < 1.29 is 24.5 Å². The maximum Gasteiger partial charge on any atom is 0.337 e. The highest BCUT2D eigenvalue weighted by Gasteiger charge is 2.21. The second kappa shape index (κ2) is 6.86. The van der Waals surface area contributed by atoms with Crippen molar-refractivity contribution >= 4 is 5.97 Å². The molecule has 0 bridgehead atoms. The van der Waals surface area contributed by atoms with Gasteiger partial charge in [-0.2, -0.15) is 0 Å². The zero-order chi connectivity index (χ0) is 13.5. The molecule has 2 N–H and O–H groups in total. The molecule has 0 fully saturated rings. The molecule has 5 heteroatoms. The van der Waals surface area contributed by atoms with E-state index in [0.29, 0.717) is 18.8 Å². The summed E-state index contributed by atoms with van der Waals surface area (Å²) in [5, 5.41) is 18.7. The van der Waals surface area contributed by atoms with Crippen LogP contribution in [0.1, 0.15) is 31.9 Å². The first-order chi connectivity index (χ1) is 8.60. The van der Waals surface area contributed by atoms with Crippen LogP contribution < -0.4 is 4.74 Å². The largest absolute Gasteiger partial charge is 0.504 e. The molecule has 0 aliphatic carbocycles. The van der Waals surface area contributed by atoms with Gasteiger partial charge < -0.3 is 19.7 Å². The average Bonchev–Trinajstić information content (AvgIpc) is 2.33. The van der Waals surface area contributed by atoms with E-state index in [0.717, 1.165) is 6.42 Å². The van der Waals surface area contributed by atoms with E-state index in [-0.39, 0.29) is 11.5 Å².